The summed E-state index contributed by atoms with van der Waals surface area (Å²) in [6.45, 7) is 2.56. The van der Waals surface area contributed by atoms with Gasteiger partial charge >= 0.3 is 0 Å². The Hall–Kier alpha value is -1.36. The van der Waals surface area contributed by atoms with Crippen LogP contribution in [-0.4, -0.2) is 18.4 Å². The summed E-state index contributed by atoms with van der Waals surface area (Å²) in [6.07, 6.45) is 0.718. The van der Waals surface area contributed by atoms with Crippen molar-refractivity contribution in [3.05, 3.63) is 28.7 Å². The lowest BCUT2D eigenvalue weighted by atomic mass is 10.3. The number of nitrogens with one attached hydrogen (secondary N) is 2. The van der Waals surface area contributed by atoms with E-state index in [1.807, 2.05) is 19.1 Å². The number of amides is 2. The highest BCUT2D eigenvalue weighted by Gasteiger charge is 2.08. The molecule has 92 valence electrons. The summed E-state index contributed by atoms with van der Waals surface area (Å²) in [6, 6.07) is 7.19. The molecular formula is C12H15BrN2O2. The Kier molecular flexibility index (Phi) is 5.69. The van der Waals surface area contributed by atoms with Gasteiger partial charge in [-0.25, -0.2) is 0 Å². The molecule has 1 aromatic rings. The second kappa shape index (κ2) is 7.06. The van der Waals surface area contributed by atoms with Crippen LogP contribution in [0.25, 0.3) is 0 Å². The van der Waals surface area contributed by atoms with E-state index in [4.69, 9.17) is 0 Å². The monoisotopic (exact) mass is 298 g/mol. The van der Waals surface area contributed by atoms with E-state index in [2.05, 4.69) is 26.6 Å². The quantitative estimate of drug-likeness (QED) is 0.820. The van der Waals surface area contributed by atoms with Crippen molar-refractivity contribution in [1.82, 2.24) is 5.32 Å². The Morgan fingerprint density at radius 2 is 1.82 bits per heavy atom. The Balaban J connectivity index is 2.39. The predicted molar refractivity (Wildman–Crippen MR) is 70.7 cm³/mol. The first-order chi connectivity index (χ1) is 8.11. The molecule has 4 nitrogen and oxygen atoms in total. The average Bonchev–Trinajstić information content (AvgIpc) is 2.29. The zero-order chi connectivity index (χ0) is 12.7. The van der Waals surface area contributed by atoms with Gasteiger partial charge in [-0.2, -0.15) is 0 Å². The van der Waals surface area contributed by atoms with Crippen molar-refractivity contribution < 1.29 is 9.59 Å². The molecule has 0 atom stereocenters. The molecule has 1 rings (SSSR count). The summed E-state index contributed by atoms with van der Waals surface area (Å²) in [7, 11) is 0. The van der Waals surface area contributed by atoms with Crippen LogP contribution in [-0.2, 0) is 9.59 Å². The largest absolute Gasteiger partial charge is 0.356 e. The number of anilines is 1. The molecule has 0 bridgehead atoms. The molecule has 2 amide bonds. The summed E-state index contributed by atoms with van der Waals surface area (Å²) in [5, 5.41) is 5.31. The van der Waals surface area contributed by atoms with E-state index in [9.17, 15) is 9.59 Å². The number of carbonyl (C=O) groups is 2. The molecule has 0 saturated carbocycles. The number of hydrogen-bond acceptors (Lipinski definition) is 2. The number of carbonyl (C=O) groups excluding carboxylic acids is 2. The van der Waals surface area contributed by atoms with Gasteiger partial charge in [-0.1, -0.05) is 22.9 Å². The van der Waals surface area contributed by atoms with Crippen molar-refractivity contribution in [2.75, 3.05) is 11.9 Å². The highest BCUT2D eigenvalue weighted by molar-refractivity contribution is 9.10. The maximum atomic E-state index is 11.5. The molecule has 17 heavy (non-hydrogen) atoms. The van der Waals surface area contributed by atoms with Crippen LogP contribution in [0.15, 0.2) is 28.7 Å². The van der Waals surface area contributed by atoms with Gasteiger partial charge in [-0.05, 0) is 30.7 Å². The molecule has 0 fully saturated rings. The zero-order valence-electron chi connectivity index (χ0n) is 9.63. The highest BCUT2D eigenvalue weighted by Crippen LogP contribution is 2.14. The topological polar surface area (TPSA) is 58.2 Å². The van der Waals surface area contributed by atoms with Gasteiger partial charge in [0.15, 0.2) is 0 Å². The Morgan fingerprint density at radius 3 is 2.41 bits per heavy atom. The van der Waals surface area contributed by atoms with E-state index in [1.165, 1.54) is 0 Å². The minimum atomic E-state index is -0.305. The molecule has 0 aliphatic rings. The third-order valence-electron chi connectivity index (χ3n) is 2.02. The van der Waals surface area contributed by atoms with Gasteiger partial charge in [-0.15, -0.1) is 0 Å². The maximum Gasteiger partial charge on any atom is 0.233 e. The molecule has 5 heteroatoms. The zero-order valence-corrected chi connectivity index (χ0v) is 11.2. The SMILES string of the molecule is CCCNC(=O)CC(=O)Nc1ccc(Br)cc1. The van der Waals surface area contributed by atoms with Gasteiger partial charge in [0.25, 0.3) is 0 Å². The fourth-order valence-electron chi connectivity index (χ4n) is 1.21. The highest BCUT2D eigenvalue weighted by atomic mass is 79.9. The second-order valence-corrected chi connectivity index (χ2v) is 4.50. The van der Waals surface area contributed by atoms with Gasteiger partial charge in [0.2, 0.25) is 11.8 Å². The fourth-order valence-corrected chi connectivity index (χ4v) is 1.48. The average molecular weight is 299 g/mol. The molecule has 0 radical (unpaired) electrons. The molecule has 0 aliphatic heterocycles. The van der Waals surface area contributed by atoms with Crippen LogP contribution in [0.2, 0.25) is 0 Å². The van der Waals surface area contributed by atoms with E-state index in [0.717, 1.165) is 10.9 Å². The Labute approximate surface area is 109 Å². The fraction of sp³-hybridized carbons (Fsp3) is 0.333. The van der Waals surface area contributed by atoms with E-state index in [1.54, 1.807) is 12.1 Å². The summed E-state index contributed by atoms with van der Waals surface area (Å²) in [5.41, 5.74) is 0.682. The van der Waals surface area contributed by atoms with Gasteiger partial charge in [0, 0.05) is 16.7 Å². The van der Waals surface area contributed by atoms with Crippen molar-refractivity contribution in [2.24, 2.45) is 0 Å². The third kappa shape index (κ3) is 5.49. The molecule has 0 aromatic heterocycles. The summed E-state index contributed by atoms with van der Waals surface area (Å²) < 4.78 is 0.941. The standard InChI is InChI=1S/C12H15BrN2O2/c1-2-7-14-11(16)8-12(17)15-10-5-3-9(13)4-6-10/h3-6H,2,7-8H2,1H3,(H,14,16)(H,15,17). The van der Waals surface area contributed by atoms with Gasteiger partial charge < -0.3 is 10.6 Å². The Bertz CT molecular complexity index is 390. The Morgan fingerprint density at radius 1 is 1.18 bits per heavy atom. The second-order valence-electron chi connectivity index (χ2n) is 3.58. The van der Waals surface area contributed by atoms with E-state index in [0.29, 0.717) is 12.2 Å². The number of rotatable bonds is 5. The van der Waals surface area contributed by atoms with Gasteiger partial charge in [0.1, 0.15) is 6.42 Å². The van der Waals surface area contributed by atoms with Crippen LogP contribution < -0.4 is 10.6 Å². The molecule has 1 aromatic carbocycles. The molecule has 2 N–H and O–H groups in total. The summed E-state index contributed by atoms with van der Waals surface area (Å²) >= 11 is 3.30. The van der Waals surface area contributed by atoms with Crippen LogP contribution >= 0.6 is 15.9 Å². The summed E-state index contributed by atoms with van der Waals surface area (Å²) in [4.78, 5) is 22.8. The van der Waals surface area contributed by atoms with Crippen LogP contribution in [0.1, 0.15) is 19.8 Å². The van der Waals surface area contributed by atoms with E-state index >= 15 is 0 Å². The molecule has 0 unspecified atom stereocenters. The smallest absolute Gasteiger partial charge is 0.233 e. The minimum absolute atomic E-state index is 0.143. The van der Waals surface area contributed by atoms with Crippen molar-refractivity contribution >= 4 is 33.4 Å². The summed E-state index contributed by atoms with van der Waals surface area (Å²) in [5.74, 6) is -0.553. The van der Waals surface area contributed by atoms with Crippen LogP contribution in [0.5, 0.6) is 0 Å². The van der Waals surface area contributed by atoms with E-state index in [-0.39, 0.29) is 18.2 Å². The van der Waals surface area contributed by atoms with Crippen LogP contribution in [0, 0.1) is 0 Å². The first-order valence-corrected chi connectivity index (χ1v) is 6.23. The normalized spacial score (nSPS) is 9.76. The lowest BCUT2D eigenvalue weighted by Gasteiger charge is -2.05. The molecule has 0 aliphatic carbocycles. The lowest BCUT2D eigenvalue weighted by molar-refractivity contribution is -0.126. The third-order valence-corrected chi connectivity index (χ3v) is 2.55. The maximum absolute atomic E-state index is 11.5. The van der Waals surface area contributed by atoms with Crippen LogP contribution in [0.4, 0.5) is 5.69 Å². The molecular weight excluding hydrogens is 284 g/mol. The van der Waals surface area contributed by atoms with Gasteiger partial charge in [-0.3, -0.25) is 9.59 Å². The van der Waals surface area contributed by atoms with Crippen molar-refractivity contribution in [3.63, 3.8) is 0 Å². The van der Waals surface area contributed by atoms with Crippen LogP contribution in [0.3, 0.4) is 0 Å². The van der Waals surface area contributed by atoms with Gasteiger partial charge in [0.05, 0.1) is 0 Å². The van der Waals surface area contributed by atoms with E-state index < -0.39 is 0 Å². The van der Waals surface area contributed by atoms with Crippen molar-refractivity contribution in [2.45, 2.75) is 19.8 Å². The minimum Gasteiger partial charge on any atom is -0.356 e. The number of halogens is 1. The number of benzene rings is 1. The molecule has 0 saturated heterocycles. The number of hydrogen-bond donors (Lipinski definition) is 2. The predicted octanol–water partition coefficient (Wildman–Crippen LogP) is 2.30. The van der Waals surface area contributed by atoms with Crippen molar-refractivity contribution in [1.29, 1.82) is 0 Å². The first-order valence-electron chi connectivity index (χ1n) is 5.44. The van der Waals surface area contributed by atoms with Crippen molar-refractivity contribution in [3.8, 4) is 0 Å². The first kappa shape index (κ1) is 13.7. The lowest BCUT2D eigenvalue weighted by Crippen LogP contribution is -2.28. The molecule has 0 spiro atoms. The molecule has 0 heterocycles.